The molecule has 138 valence electrons. The number of rotatable bonds is 2. The zero-order valence-corrected chi connectivity index (χ0v) is 15.4. The van der Waals surface area contributed by atoms with E-state index in [1.165, 1.54) is 24.3 Å². The maximum absolute atomic E-state index is 14.8. The van der Waals surface area contributed by atoms with Gasteiger partial charge in [-0.25, -0.2) is 17.2 Å². The molecular formula is C19H17ClF2O3S. The van der Waals surface area contributed by atoms with Crippen LogP contribution in [0.1, 0.15) is 31.2 Å². The smallest absolute Gasteiger partial charge is 0.188 e. The number of halogens is 3. The van der Waals surface area contributed by atoms with Gasteiger partial charge in [-0.15, -0.1) is 0 Å². The monoisotopic (exact) mass is 398 g/mol. The van der Waals surface area contributed by atoms with Crippen LogP contribution in [-0.4, -0.2) is 15.0 Å². The molecule has 1 fully saturated rings. The molecule has 0 saturated heterocycles. The normalized spacial score (nSPS) is 25.1. The molecule has 2 unspecified atom stereocenters. The summed E-state index contributed by atoms with van der Waals surface area (Å²) in [5, 5.41) is 0.409. The van der Waals surface area contributed by atoms with Crippen LogP contribution < -0.4 is 4.74 Å². The molecule has 1 heterocycles. The molecule has 0 spiro atoms. The van der Waals surface area contributed by atoms with Crippen LogP contribution in [0.3, 0.4) is 0 Å². The molecule has 0 N–H and O–H groups in total. The third-order valence-corrected chi connectivity index (χ3v) is 8.37. The van der Waals surface area contributed by atoms with Crippen molar-refractivity contribution >= 4 is 21.4 Å². The molecule has 2 aromatic rings. The van der Waals surface area contributed by atoms with Crippen LogP contribution in [0.4, 0.5) is 8.78 Å². The molecule has 1 aliphatic heterocycles. The molecule has 26 heavy (non-hydrogen) atoms. The molecule has 7 heteroatoms. The fourth-order valence-corrected chi connectivity index (χ4v) is 6.87. The number of sulfone groups is 1. The van der Waals surface area contributed by atoms with Crippen LogP contribution >= 0.6 is 11.6 Å². The van der Waals surface area contributed by atoms with Crippen molar-refractivity contribution in [3.05, 3.63) is 58.6 Å². The molecule has 3 nitrogen and oxygen atoms in total. The Bertz CT molecular complexity index is 959. The maximum atomic E-state index is 14.8. The fourth-order valence-electron chi connectivity index (χ4n) is 4.33. The first-order valence-electron chi connectivity index (χ1n) is 8.49. The van der Waals surface area contributed by atoms with Gasteiger partial charge in [-0.05, 0) is 49.2 Å². The first-order chi connectivity index (χ1) is 12.4. The molecule has 4 rings (SSSR count). The highest BCUT2D eigenvalue weighted by molar-refractivity contribution is 7.92. The van der Waals surface area contributed by atoms with E-state index in [0.717, 1.165) is 18.6 Å². The average Bonchev–Trinajstić information content (AvgIpc) is 2.64. The molecule has 1 saturated carbocycles. The fraction of sp³-hybridized carbons (Fsp3) is 0.368. The van der Waals surface area contributed by atoms with Gasteiger partial charge in [-0.2, -0.15) is 0 Å². The Kier molecular flexibility index (Phi) is 4.23. The SMILES string of the molecule is O=S(=O)(c1ccc(Cl)cc1)C12CCCCC1COc1c(F)ccc(F)c12. The Hall–Kier alpha value is -1.66. The highest BCUT2D eigenvalue weighted by Gasteiger charge is 2.58. The van der Waals surface area contributed by atoms with E-state index in [0.29, 0.717) is 17.9 Å². The highest BCUT2D eigenvalue weighted by atomic mass is 35.5. The Labute approximate surface area is 155 Å². The van der Waals surface area contributed by atoms with E-state index < -0.39 is 32.1 Å². The zero-order chi connectivity index (χ0) is 18.5. The summed E-state index contributed by atoms with van der Waals surface area (Å²) in [5.41, 5.74) is -0.164. The molecule has 2 atom stereocenters. The lowest BCUT2D eigenvalue weighted by Gasteiger charge is -2.47. The Balaban J connectivity index is 2.02. The highest BCUT2D eigenvalue weighted by Crippen LogP contribution is 2.56. The van der Waals surface area contributed by atoms with Gasteiger partial charge in [0.25, 0.3) is 0 Å². The number of ether oxygens (including phenoxy) is 1. The lowest BCUT2D eigenvalue weighted by Crippen LogP contribution is -2.50. The number of hydrogen-bond acceptors (Lipinski definition) is 3. The average molecular weight is 399 g/mol. The van der Waals surface area contributed by atoms with E-state index in [1.807, 2.05) is 0 Å². The van der Waals surface area contributed by atoms with E-state index in [-0.39, 0.29) is 29.2 Å². The van der Waals surface area contributed by atoms with Crippen molar-refractivity contribution in [2.75, 3.05) is 6.61 Å². The second kappa shape index (κ2) is 6.20. The lowest BCUT2D eigenvalue weighted by atomic mass is 9.73. The molecular weight excluding hydrogens is 382 g/mol. The summed E-state index contributed by atoms with van der Waals surface area (Å²) in [4.78, 5) is 0.0605. The van der Waals surface area contributed by atoms with Gasteiger partial charge in [-0.1, -0.05) is 24.4 Å². The van der Waals surface area contributed by atoms with E-state index >= 15 is 0 Å². The van der Waals surface area contributed by atoms with E-state index in [1.54, 1.807) is 0 Å². The first kappa shape index (κ1) is 17.7. The lowest BCUT2D eigenvalue weighted by molar-refractivity contribution is 0.124. The van der Waals surface area contributed by atoms with Crippen molar-refractivity contribution in [3.8, 4) is 5.75 Å². The van der Waals surface area contributed by atoms with Crippen LogP contribution in [0.5, 0.6) is 5.75 Å². The minimum Gasteiger partial charge on any atom is -0.490 e. The van der Waals surface area contributed by atoms with Gasteiger partial charge in [0.05, 0.1) is 17.1 Å². The predicted molar refractivity (Wildman–Crippen MR) is 94.1 cm³/mol. The number of hydrogen-bond donors (Lipinski definition) is 0. The number of fused-ring (bicyclic) bond motifs is 3. The van der Waals surface area contributed by atoms with Crippen molar-refractivity contribution in [3.63, 3.8) is 0 Å². The van der Waals surface area contributed by atoms with Gasteiger partial charge < -0.3 is 4.74 Å². The standard InChI is InChI=1S/C19H17ClF2O3S/c20-13-4-6-14(7-5-13)26(23,24)19-10-2-1-3-12(19)11-25-18-16(22)9-8-15(21)17(18)19/h4-9,12H,1-3,10-11H2. The van der Waals surface area contributed by atoms with Crippen molar-refractivity contribution in [1.82, 2.24) is 0 Å². The van der Waals surface area contributed by atoms with Crippen molar-refractivity contribution in [1.29, 1.82) is 0 Å². The third-order valence-electron chi connectivity index (χ3n) is 5.52. The van der Waals surface area contributed by atoms with Crippen LogP contribution in [-0.2, 0) is 14.6 Å². The Morgan fingerprint density at radius 2 is 1.73 bits per heavy atom. The summed E-state index contributed by atoms with van der Waals surface area (Å²) in [5.74, 6) is -2.19. The van der Waals surface area contributed by atoms with Gasteiger partial charge in [0.15, 0.2) is 21.4 Å². The van der Waals surface area contributed by atoms with Crippen molar-refractivity contribution in [2.24, 2.45) is 5.92 Å². The van der Waals surface area contributed by atoms with Gasteiger partial charge in [0.1, 0.15) is 10.6 Å². The van der Waals surface area contributed by atoms with Gasteiger partial charge in [-0.3, -0.25) is 0 Å². The number of benzene rings is 2. The minimum atomic E-state index is -4.00. The summed E-state index contributed by atoms with van der Waals surface area (Å²) < 4.78 is 60.5. The summed E-state index contributed by atoms with van der Waals surface area (Å²) in [6, 6.07) is 7.78. The quantitative estimate of drug-likeness (QED) is 0.724. The topological polar surface area (TPSA) is 43.4 Å². The molecule has 0 bridgehead atoms. The molecule has 2 aliphatic rings. The third kappa shape index (κ3) is 2.38. The Morgan fingerprint density at radius 3 is 2.46 bits per heavy atom. The molecule has 1 aliphatic carbocycles. The minimum absolute atomic E-state index is 0.0557. The molecule has 0 aromatic heterocycles. The van der Waals surface area contributed by atoms with E-state index in [2.05, 4.69) is 0 Å². The molecule has 2 aromatic carbocycles. The summed E-state index contributed by atoms with van der Waals surface area (Å²) >= 11 is 5.89. The van der Waals surface area contributed by atoms with Gasteiger partial charge in [0, 0.05) is 10.9 Å². The Morgan fingerprint density at radius 1 is 1.04 bits per heavy atom. The summed E-state index contributed by atoms with van der Waals surface area (Å²) in [7, 11) is -4.00. The van der Waals surface area contributed by atoms with Crippen LogP contribution in [0.25, 0.3) is 0 Å². The van der Waals surface area contributed by atoms with E-state index in [9.17, 15) is 17.2 Å². The second-order valence-corrected chi connectivity index (χ2v) is 9.48. The van der Waals surface area contributed by atoms with Gasteiger partial charge in [0.2, 0.25) is 0 Å². The van der Waals surface area contributed by atoms with Crippen LogP contribution in [0.2, 0.25) is 5.02 Å². The molecule has 0 amide bonds. The van der Waals surface area contributed by atoms with Crippen LogP contribution in [0, 0.1) is 17.6 Å². The first-order valence-corrected chi connectivity index (χ1v) is 10.4. The largest absolute Gasteiger partial charge is 0.490 e. The van der Waals surface area contributed by atoms with Crippen molar-refractivity contribution < 1.29 is 21.9 Å². The maximum Gasteiger partial charge on any atom is 0.188 e. The van der Waals surface area contributed by atoms with Gasteiger partial charge >= 0.3 is 0 Å². The van der Waals surface area contributed by atoms with E-state index in [4.69, 9.17) is 16.3 Å². The summed E-state index contributed by atoms with van der Waals surface area (Å²) in [6.07, 6.45) is 2.28. The summed E-state index contributed by atoms with van der Waals surface area (Å²) in [6.45, 7) is 0.0557. The zero-order valence-electron chi connectivity index (χ0n) is 13.8. The van der Waals surface area contributed by atoms with Crippen molar-refractivity contribution in [2.45, 2.75) is 35.3 Å². The molecule has 0 radical (unpaired) electrons. The second-order valence-electron chi connectivity index (χ2n) is 6.83. The van der Waals surface area contributed by atoms with Crippen LogP contribution in [0.15, 0.2) is 41.3 Å². The predicted octanol–water partition coefficient (Wildman–Crippen LogP) is 4.87.